The highest BCUT2D eigenvalue weighted by Gasteiger charge is 2.36. The molecule has 0 saturated heterocycles. The minimum Gasteiger partial charge on any atom is -0.489 e. The predicted octanol–water partition coefficient (Wildman–Crippen LogP) is 1.37. The Labute approximate surface area is 133 Å². The third-order valence-corrected chi connectivity index (χ3v) is 2.93. The maximum absolute atomic E-state index is 13.3. The smallest absolute Gasteiger partial charge is 0.455 e. The molecule has 1 aromatic carbocycles. The Bertz CT molecular complexity index is 704. The summed E-state index contributed by atoms with van der Waals surface area (Å²) in [7, 11) is 1.43. The molecule has 2 rings (SSSR count). The van der Waals surface area contributed by atoms with E-state index in [1.54, 1.807) is 6.07 Å². The molecule has 24 heavy (non-hydrogen) atoms. The van der Waals surface area contributed by atoms with E-state index in [0.717, 1.165) is 0 Å². The lowest BCUT2D eigenvalue weighted by Crippen LogP contribution is -2.34. The number of ether oxygens (including phenoxy) is 1. The highest BCUT2D eigenvalue weighted by Crippen LogP contribution is 2.24. The molecule has 130 valence electrons. The average Bonchev–Trinajstić information content (AvgIpc) is 2.97. The molecule has 0 bridgehead atoms. The van der Waals surface area contributed by atoms with Gasteiger partial charge in [0.15, 0.2) is 11.6 Å². The SMILES string of the molecule is CN(CCOc1ccccc1F)C(=O)Cn1nnc(C(F)(F)F)n1. The lowest BCUT2D eigenvalue weighted by molar-refractivity contribution is -0.145. The molecule has 0 spiro atoms. The van der Waals surface area contributed by atoms with Crippen LogP contribution in [0.1, 0.15) is 5.82 Å². The molecule has 2 aromatic rings. The number of hydrogen-bond acceptors (Lipinski definition) is 5. The van der Waals surface area contributed by atoms with E-state index in [1.165, 1.54) is 30.1 Å². The fourth-order valence-corrected chi connectivity index (χ4v) is 1.64. The molecule has 0 radical (unpaired) electrons. The van der Waals surface area contributed by atoms with Crippen LogP contribution in [0, 0.1) is 5.82 Å². The molecule has 11 heteroatoms. The van der Waals surface area contributed by atoms with Gasteiger partial charge < -0.3 is 9.64 Å². The standard InChI is InChI=1S/C13H13F4N5O2/c1-21(6-7-24-10-5-3-2-4-9(10)14)11(23)8-22-19-12(18-20-22)13(15,16)17/h2-5H,6-8H2,1H3. The van der Waals surface area contributed by atoms with Gasteiger partial charge in [-0.25, -0.2) is 4.39 Å². The summed E-state index contributed by atoms with van der Waals surface area (Å²) in [6, 6.07) is 5.79. The van der Waals surface area contributed by atoms with Crippen LogP contribution in [0.4, 0.5) is 17.6 Å². The van der Waals surface area contributed by atoms with E-state index in [9.17, 15) is 22.4 Å². The summed E-state index contributed by atoms with van der Waals surface area (Å²) >= 11 is 0. The first-order valence-corrected chi connectivity index (χ1v) is 6.73. The molecule has 1 heterocycles. The van der Waals surface area contributed by atoms with E-state index < -0.39 is 30.3 Å². The van der Waals surface area contributed by atoms with E-state index in [1.807, 2.05) is 0 Å². The Morgan fingerprint density at radius 1 is 1.33 bits per heavy atom. The van der Waals surface area contributed by atoms with E-state index in [0.29, 0.717) is 4.80 Å². The van der Waals surface area contributed by atoms with Crippen molar-refractivity contribution < 1.29 is 27.1 Å². The Hall–Kier alpha value is -2.72. The van der Waals surface area contributed by atoms with Gasteiger partial charge in [-0.05, 0) is 17.3 Å². The topological polar surface area (TPSA) is 73.1 Å². The van der Waals surface area contributed by atoms with Gasteiger partial charge in [-0.15, -0.1) is 10.2 Å². The number of amides is 1. The zero-order valence-corrected chi connectivity index (χ0v) is 12.5. The zero-order chi connectivity index (χ0) is 17.7. The normalized spacial score (nSPS) is 11.4. The van der Waals surface area contributed by atoms with E-state index in [4.69, 9.17) is 4.74 Å². The van der Waals surface area contributed by atoms with Crippen LogP contribution in [0.15, 0.2) is 24.3 Å². The fraction of sp³-hybridized carbons (Fsp3) is 0.385. The summed E-state index contributed by atoms with van der Waals surface area (Å²) in [5, 5.41) is 9.09. The van der Waals surface area contributed by atoms with Gasteiger partial charge in [0.05, 0.1) is 6.54 Å². The molecular weight excluding hydrogens is 334 g/mol. The molecule has 7 nitrogen and oxygen atoms in total. The number of likely N-dealkylation sites (N-methyl/N-ethyl adjacent to an activating group) is 1. The third kappa shape index (κ3) is 4.64. The molecule has 0 atom stereocenters. The van der Waals surface area contributed by atoms with Crippen LogP contribution in [0.3, 0.4) is 0 Å². The van der Waals surface area contributed by atoms with E-state index in [2.05, 4.69) is 15.4 Å². The maximum Gasteiger partial charge on any atom is 0.455 e. The number of hydrogen-bond donors (Lipinski definition) is 0. The van der Waals surface area contributed by atoms with E-state index >= 15 is 0 Å². The summed E-state index contributed by atoms with van der Waals surface area (Å²) in [6.07, 6.45) is -4.72. The number of para-hydroxylation sites is 1. The largest absolute Gasteiger partial charge is 0.489 e. The van der Waals surface area contributed by atoms with Crippen molar-refractivity contribution in [3.8, 4) is 5.75 Å². The van der Waals surface area contributed by atoms with Crippen LogP contribution in [0.5, 0.6) is 5.75 Å². The van der Waals surface area contributed by atoms with Gasteiger partial charge in [0.1, 0.15) is 13.2 Å². The van der Waals surface area contributed by atoms with Gasteiger partial charge in [0, 0.05) is 7.05 Å². The van der Waals surface area contributed by atoms with Crippen molar-refractivity contribution in [3.05, 3.63) is 35.9 Å². The quantitative estimate of drug-likeness (QED) is 0.738. The maximum atomic E-state index is 13.3. The predicted molar refractivity (Wildman–Crippen MR) is 72.4 cm³/mol. The first-order valence-electron chi connectivity index (χ1n) is 6.73. The number of carbonyl (C=O) groups excluding carboxylic acids is 1. The molecule has 0 fully saturated rings. The van der Waals surface area contributed by atoms with Gasteiger partial charge in [-0.3, -0.25) is 4.79 Å². The van der Waals surface area contributed by atoms with Crippen molar-refractivity contribution in [3.63, 3.8) is 0 Å². The Morgan fingerprint density at radius 2 is 2.04 bits per heavy atom. The number of benzene rings is 1. The molecular formula is C13H13F4N5O2. The second-order valence-electron chi connectivity index (χ2n) is 4.74. The number of carbonyl (C=O) groups is 1. The summed E-state index contributed by atoms with van der Waals surface area (Å²) in [4.78, 5) is 13.6. The molecule has 0 unspecified atom stereocenters. The number of rotatable bonds is 6. The third-order valence-electron chi connectivity index (χ3n) is 2.93. The van der Waals surface area contributed by atoms with Crippen molar-refractivity contribution >= 4 is 5.91 Å². The average molecular weight is 347 g/mol. The first kappa shape index (κ1) is 17.6. The molecule has 0 N–H and O–H groups in total. The monoisotopic (exact) mass is 347 g/mol. The number of alkyl halides is 3. The lowest BCUT2D eigenvalue weighted by atomic mass is 10.3. The molecule has 0 aliphatic rings. The molecule has 0 aliphatic carbocycles. The van der Waals surface area contributed by atoms with Crippen LogP contribution < -0.4 is 4.74 Å². The second-order valence-corrected chi connectivity index (χ2v) is 4.74. The number of nitrogens with zero attached hydrogens (tertiary/aromatic N) is 5. The first-order chi connectivity index (χ1) is 11.3. The molecule has 1 amide bonds. The van der Waals surface area contributed by atoms with Gasteiger partial charge in [-0.2, -0.15) is 18.0 Å². The van der Waals surface area contributed by atoms with Gasteiger partial charge in [-0.1, -0.05) is 12.1 Å². The number of halogens is 4. The zero-order valence-electron chi connectivity index (χ0n) is 12.5. The van der Waals surface area contributed by atoms with Crippen LogP contribution in [0.25, 0.3) is 0 Å². The van der Waals surface area contributed by atoms with Gasteiger partial charge in [0.25, 0.3) is 5.82 Å². The van der Waals surface area contributed by atoms with Crippen LogP contribution >= 0.6 is 0 Å². The summed E-state index contributed by atoms with van der Waals surface area (Å²) in [5.74, 6) is -2.44. The summed E-state index contributed by atoms with van der Waals surface area (Å²) in [5.41, 5.74) is 0. The Kier molecular flexibility index (Phi) is 5.31. The number of tetrazole rings is 1. The number of aromatic nitrogens is 4. The van der Waals surface area contributed by atoms with Crippen LogP contribution in [-0.2, 0) is 17.5 Å². The highest BCUT2D eigenvalue weighted by atomic mass is 19.4. The van der Waals surface area contributed by atoms with Gasteiger partial charge >= 0.3 is 6.18 Å². The van der Waals surface area contributed by atoms with Crippen molar-refractivity contribution in [2.24, 2.45) is 0 Å². The fourth-order valence-electron chi connectivity index (χ4n) is 1.64. The van der Waals surface area contributed by atoms with Crippen molar-refractivity contribution in [1.29, 1.82) is 0 Å². The highest BCUT2D eigenvalue weighted by molar-refractivity contribution is 5.75. The van der Waals surface area contributed by atoms with Gasteiger partial charge in [0.2, 0.25) is 5.91 Å². The van der Waals surface area contributed by atoms with Crippen LogP contribution in [-0.4, -0.2) is 51.2 Å². The Morgan fingerprint density at radius 3 is 2.67 bits per heavy atom. The van der Waals surface area contributed by atoms with Crippen molar-refractivity contribution in [2.75, 3.05) is 20.2 Å². The molecule has 0 aliphatic heterocycles. The minimum absolute atomic E-state index is 0.0156. The van der Waals surface area contributed by atoms with Crippen molar-refractivity contribution in [2.45, 2.75) is 12.7 Å². The Balaban J connectivity index is 1.82. The summed E-state index contributed by atoms with van der Waals surface area (Å²) < 4.78 is 55.5. The second kappa shape index (κ2) is 7.23. The lowest BCUT2D eigenvalue weighted by Gasteiger charge is -2.17. The minimum atomic E-state index is -4.72. The van der Waals surface area contributed by atoms with E-state index in [-0.39, 0.29) is 18.9 Å². The molecule has 0 saturated carbocycles. The summed E-state index contributed by atoms with van der Waals surface area (Å²) in [6.45, 7) is -0.380. The molecule has 1 aromatic heterocycles. The van der Waals surface area contributed by atoms with Crippen molar-refractivity contribution in [1.82, 2.24) is 25.1 Å². The van der Waals surface area contributed by atoms with Crippen LogP contribution in [0.2, 0.25) is 0 Å².